The summed E-state index contributed by atoms with van der Waals surface area (Å²) in [6.07, 6.45) is 0. The van der Waals surface area contributed by atoms with E-state index >= 15 is 0 Å². The lowest BCUT2D eigenvalue weighted by molar-refractivity contribution is 0.0597. The maximum absolute atomic E-state index is 12.2. The van der Waals surface area contributed by atoms with E-state index < -0.39 is 5.97 Å². The molecule has 0 N–H and O–H groups in total. The van der Waals surface area contributed by atoms with Crippen molar-refractivity contribution in [2.45, 2.75) is 32.7 Å². The topological polar surface area (TPSA) is 86.7 Å². The molecule has 168 valence electrons. The van der Waals surface area contributed by atoms with E-state index in [2.05, 4.69) is 25.7 Å². The van der Waals surface area contributed by atoms with Crippen LogP contribution < -0.4 is 9.64 Å². The quantitative estimate of drug-likeness (QED) is 0.558. The monoisotopic (exact) mass is 436 g/mol. The highest BCUT2D eigenvalue weighted by molar-refractivity contribution is 5.94. The lowest BCUT2D eigenvalue weighted by Crippen LogP contribution is -2.44. The molecule has 8 heteroatoms. The first kappa shape index (κ1) is 22.0. The number of fused-ring (bicyclic) bond motifs is 1. The van der Waals surface area contributed by atoms with E-state index in [-0.39, 0.29) is 12.0 Å². The minimum atomic E-state index is -0.461. The van der Waals surface area contributed by atoms with Crippen molar-refractivity contribution in [2.24, 2.45) is 0 Å². The summed E-state index contributed by atoms with van der Waals surface area (Å²) in [5.41, 5.74) is 2.46. The van der Waals surface area contributed by atoms with Crippen LogP contribution in [-0.4, -0.2) is 60.9 Å². The molecule has 1 aliphatic heterocycles. The molecule has 2 aromatic heterocycles. The fraction of sp³-hybridized carbons (Fsp3) is 0.417. The molecular formula is C24H28N4O4. The second-order valence-electron chi connectivity index (χ2n) is 8.15. The van der Waals surface area contributed by atoms with Gasteiger partial charge in [0.1, 0.15) is 23.0 Å². The Bertz CT molecular complexity index is 1150. The molecule has 8 nitrogen and oxygen atoms in total. The van der Waals surface area contributed by atoms with Gasteiger partial charge >= 0.3 is 5.97 Å². The zero-order valence-electron chi connectivity index (χ0n) is 19.1. The van der Waals surface area contributed by atoms with E-state index in [1.54, 1.807) is 12.1 Å². The third-order valence-corrected chi connectivity index (χ3v) is 5.61. The largest absolute Gasteiger partial charge is 0.496 e. The van der Waals surface area contributed by atoms with Crippen LogP contribution in [0.25, 0.3) is 22.3 Å². The summed E-state index contributed by atoms with van der Waals surface area (Å²) in [6, 6.07) is 9.49. The average Bonchev–Trinajstić information content (AvgIpc) is 2.82. The Morgan fingerprint density at radius 1 is 1.16 bits per heavy atom. The first-order valence-electron chi connectivity index (χ1n) is 10.7. The molecule has 0 aliphatic carbocycles. The molecule has 0 saturated carbocycles. The van der Waals surface area contributed by atoms with Crippen LogP contribution in [0.4, 0.5) is 5.82 Å². The Kier molecular flexibility index (Phi) is 6.23. The summed E-state index contributed by atoms with van der Waals surface area (Å²) in [4.78, 5) is 29.0. The van der Waals surface area contributed by atoms with Crippen LogP contribution in [0.1, 0.15) is 42.9 Å². The number of pyridine rings is 1. The number of ether oxygens (including phenoxy) is 3. The maximum atomic E-state index is 12.2. The van der Waals surface area contributed by atoms with Gasteiger partial charge in [-0.15, -0.1) is 0 Å². The van der Waals surface area contributed by atoms with Crippen LogP contribution in [0.3, 0.4) is 0 Å². The Balaban J connectivity index is 1.85. The number of carbonyl (C=O) groups is 1. The van der Waals surface area contributed by atoms with Crippen LogP contribution >= 0.6 is 0 Å². The van der Waals surface area contributed by atoms with Crippen molar-refractivity contribution in [3.05, 3.63) is 41.7 Å². The van der Waals surface area contributed by atoms with Gasteiger partial charge in [0.25, 0.3) is 0 Å². The van der Waals surface area contributed by atoms with E-state index in [9.17, 15) is 4.79 Å². The number of methoxy groups -OCH3 is 2. The van der Waals surface area contributed by atoms with E-state index in [0.29, 0.717) is 35.9 Å². The van der Waals surface area contributed by atoms with Crippen molar-refractivity contribution in [1.82, 2.24) is 15.0 Å². The Morgan fingerprint density at radius 3 is 2.66 bits per heavy atom. The highest BCUT2D eigenvalue weighted by atomic mass is 16.5. The van der Waals surface area contributed by atoms with Gasteiger partial charge < -0.3 is 19.1 Å². The second kappa shape index (κ2) is 9.08. The third kappa shape index (κ3) is 4.10. The Hall–Kier alpha value is -3.26. The van der Waals surface area contributed by atoms with Gasteiger partial charge in [-0.1, -0.05) is 13.8 Å². The molecule has 3 aromatic rings. The zero-order chi connectivity index (χ0) is 22.8. The van der Waals surface area contributed by atoms with Gasteiger partial charge in [-0.3, -0.25) is 0 Å². The van der Waals surface area contributed by atoms with E-state index in [1.165, 1.54) is 14.2 Å². The molecule has 1 atom stereocenters. The molecule has 4 rings (SSSR count). The standard InChI is InChI=1S/C24H28N4O4/c1-14(2)21-26-22-17(23(27-21)28-10-11-32-13-15(28)3)7-8-19(25-22)16-6-9-20(30-4)18(12-16)24(29)31-5/h6-9,12,14-15H,10-11,13H2,1-5H3/t15-/m0/s1. The van der Waals surface area contributed by atoms with Crippen LogP contribution in [0.5, 0.6) is 5.75 Å². The number of esters is 1. The van der Waals surface area contributed by atoms with E-state index in [4.69, 9.17) is 29.2 Å². The normalized spacial score (nSPS) is 16.4. The number of carbonyl (C=O) groups excluding carboxylic acids is 1. The lowest BCUT2D eigenvalue weighted by atomic mass is 10.1. The molecule has 0 spiro atoms. The summed E-state index contributed by atoms with van der Waals surface area (Å²) in [5.74, 6) is 1.79. The molecule has 1 fully saturated rings. The number of benzene rings is 1. The first-order valence-corrected chi connectivity index (χ1v) is 10.7. The fourth-order valence-electron chi connectivity index (χ4n) is 3.83. The van der Waals surface area contributed by atoms with E-state index in [1.807, 2.05) is 18.2 Å². The zero-order valence-corrected chi connectivity index (χ0v) is 19.1. The maximum Gasteiger partial charge on any atom is 0.341 e. The van der Waals surface area contributed by atoms with Gasteiger partial charge in [-0.05, 0) is 37.3 Å². The molecule has 0 amide bonds. The molecule has 0 unspecified atom stereocenters. The molecule has 1 saturated heterocycles. The van der Waals surface area contributed by atoms with Crippen LogP contribution in [0.2, 0.25) is 0 Å². The third-order valence-electron chi connectivity index (χ3n) is 5.61. The average molecular weight is 437 g/mol. The number of morpholine rings is 1. The number of anilines is 1. The van der Waals surface area contributed by atoms with Crippen molar-refractivity contribution in [2.75, 3.05) is 38.9 Å². The predicted molar refractivity (Wildman–Crippen MR) is 122 cm³/mol. The first-order chi connectivity index (χ1) is 15.4. The molecule has 32 heavy (non-hydrogen) atoms. The van der Waals surface area contributed by atoms with Gasteiger partial charge in [-0.25, -0.2) is 19.7 Å². The number of nitrogens with zero attached hydrogens (tertiary/aromatic N) is 4. The van der Waals surface area contributed by atoms with Gasteiger partial charge in [0.15, 0.2) is 5.65 Å². The van der Waals surface area contributed by atoms with Gasteiger partial charge in [0.05, 0.1) is 44.6 Å². The smallest absolute Gasteiger partial charge is 0.341 e. The van der Waals surface area contributed by atoms with Crippen molar-refractivity contribution >= 4 is 22.8 Å². The number of hydrogen-bond acceptors (Lipinski definition) is 8. The minimum absolute atomic E-state index is 0.159. The molecule has 0 radical (unpaired) electrons. The Morgan fingerprint density at radius 2 is 1.97 bits per heavy atom. The lowest BCUT2D eigenvalue weighted by Gasteiger charge is -2.35. The van der Waals surface area contributed by atoms with Crippen molar-refractivity contribution < 1.29 is 19.0 Å². The summed E-state index contributed by atoms with van der Waals surface area (Å²) in [7, 11) is 2.87. The highest BCUT2D eigenvalue weighted by Crippen LogP contribution is 2.31. The molecule has 1 aromatic carbocycles. The highest BCUT2D eigenvalue weighted by Gasteiger charge is 2.24. The van der Waals surface area contributed by atoms with Crippen LogP contribution in [-0.2, 0) is 9.47 Å². The molecule has 3 heterocycles. The van der Waals surface area contributed by atoms with Crippen LogP contribution in [0.15, 0.2) is 30.3 Å². The second-order valence-corrected chi connectivity index (χ2v) is 8.15. The summed E-state index contributed by atoms with van der Waals surface area (Å²) < 4.78 is 15.8. The summed E-state index contributed by atoms with van der Waals surface area (Å²) >= 11 is 0. The van der Waals surface area contributed by atoms with Crippen LogP contribution in [0, 0.1) is 0 Å². The SMILES string of the molecule is COC(=O)c1cc(-c2ccc3c(N4CCOC[C@@H]4C)nc(C(C)C)nc3n2)ccc1OC. The Labute approximate surface area is 187 Å². The molecule has 0 bridgehead atoms. The fourth-order valence-corrected chi connectivity index (χ4v) is 3.83. The van der Waals surface area contributed by atoms with Crippen molar-refractivity contribution in [3.8, 4) is 17.0 Å². The summed E-state index contributed by atoms with van der Waals surface area (Å²) in [6.45, 7) is 8.38. The van der Waals surface area contributed by atoms with E-state index in [0.717, 1.165) is 29.1 Å². The number of rotatable bonds is 5. The van der Waals surface area contributed by atoms with Gasteiger partial charge in [0.2, 0.25) is 0 Å². The minimum Gasteiger partial charge on any atom is -0.496 e. The van der Waals surface area contributed by atoms with Gasteiger partial charge in [-0.2, -0.15) is 0 Å². The number of hydrogen-bond donors (Lipinski definition) is 0. The predicted octanol–water partition coefficient (Wildman–Crippen LogP) is 3.84. The molecule has 1 aliphatic rings. The van der Waals surface area contributed by atoms with Crippen molar-refractivity contribution in [3.63, 3.8) is 0 Å². The molecular weight excluding hydrogens is 408 g/mol. The summed E-state index contributed by atoms with van der Waals surface area (Å²) in [5, 5.41) is 0.897. The van der Waals surface area contributed by atoms with Gasteiger partial charge in [0, 0.05) is 18.0 Å². The number of aromatic nitrogens is 3. The van der Waals surface area contributed by atoms with Crippen molar-refractivity contribution in [1.29, 1.82) is 0 Å².